The summed E-state index contributed by atoms with van der Waals surface area (Å²) in [6, 6.07) is 6.02. The van der Waals surface area contributed by atoms with E-state index in [1.807, 2.05) is 18.2 Å². The molecule has 5 heteroatoms. The zero-order valence-corrected chi connectivity index (χ0v) is 11.2. The van der Waals surface area contributed by atoms with Crippen molar-refractivity contribution in [2.45, 2.75) is 0 Å². The van der Waals surface area contributed by atoms with Gasteiger partial charge in [-0.3, -0.25) is 0 Å². The first kappa shape index (κ1) is 11.8. The molecule has 2 rings (SSSR count). The normalized spacial score (nSPS) is 16.2. The maximum absolute atomic E-state index is 5.74. The van der Waals surface area contributed by atoms with Gasteiger partial charge in [0.05, 0.1) is 13.2 Å². The molecule has 0 atom stereocenters. The molecule has 0 amide bonds. The number of morpholine rings is 1. The third-order valence-electron chi connectivity index (χ3n) is 2.58. The van der Waals surface area contributed by atoms with Crippen molar-refractivity contribution >= 4 is 38.8 Å². The molecular formula is C11H13BrN2OS. The molecule has 1 aromatic rings. The Balaban J connectivity index is 2.34. The average Bonchev–Trinajstić information content (AvgIpc) is 2.30. The number of benzene rings is 1. The van der Waals surface area contributed by atoms with Gasteiger partial charge >= 0.3 is 0 Å². The van der Waals surface area contributed by atoms with Gasteiger partial charge in [-0.15, -0.1) is 0 Å². The minimum atomic E-state index is 0.433. The third-order valence-corrected chi connectivity index (χ3v) is 3.29. The average molecular weight is 301 g/mol. The van der Waals surface area contributed by atoms with Crippen molar-refractivity contribution in [3.05, 3.63) is 28.2 Å². The second-order valence-electron chi connectivity index (χ2n) is 3.63. The topological polar surface area (TPSA) is 38.5 Å². The molecule has 1 heterocycles. The number of halogens is 1. The Bertz CT molecular complexity index is 405. The first-order valence-corrected chi connectivity index (χ1v) is 6.30. The molecule has 1 aromatic carbocycles. The molecule has 0 bridgehead atoms. The fourth-order valence-electron chi connectivity index (χ4n) is 1.79. The van der Waals surface area contributed by atoms with Crippen LogP contribution in [0.15, 0.2) is 22.7 Å². The van der Waals surface area contributed by atoms with Gasteiger partial charge in [0.2, 0.25) is 0 Å². The fraction of sp³-hybridized carbons (Fsp3) is 0.364. The Morgan fingerprint density at radius 2 is 2.06 bits per heavy atom. The second kappa shape index (κ2) is 5.12. The minimum Gasteiger partial charge on any atom is -0.389 e. The number of nitrogens with two attached hydrogens (primary N) is 1. The molecule has 0 unspecified atom stereocenters. The Hall–Kier alpha value is -0.650. The summed E-state index contributed by atoms with van der Waals surface area (Å²) in [5, 5.41) is 0. The SMILES string of the molecule is NC(=S)c1cc(Br)ccc1N1CCOCC1. The highest BCUT2D eigenvalue weighted by atomic mass is 79.9. The van der Waals surface area contributed by atoms with Crippen LogP contribution in [0.1, 0.15) is 5.56 Å². The van der Waals surface area contributed by atoms with Crippen LogP contribution in [0.2, 0.25) is 0 Å². The largest absolute Gasteiger partial charge is 0.389 e. The van der Waals surface area contributed by atoms with Crippen molar-refractivity contribution in [2.24, 2.45) is 5.73 Å². The number of thiocarbonyl (C=S) groups is 1. The van der Waals surface area contributed by atoms with Crippen molar-refractivity contribution < 1.29 is 4.74 Å². The summed E-state index contributed by atoms with van der Waals surface area (Å²) in [6.07, 6.45) is 0. The van der Waals surface area contributed by atoms with Gasteiger partial charge in [0.1, 0.15) is 4.99 Å². The maximum Gasteiger partial charge on any atom is 0.106 e. The third kappa shape index (κ3) is 2.53. The van der Waals surface area contributed by atoms with Crippen LogP contribution in [0, 0.1) is 0 Å². The van der Waals surface area contributed by atoms with E-state index in [-0.39, 0.29) is 0 Å². The number of ether oxygens (including phenoxy) is 1. The molecule has 1 fully saturated rings. The van der Waals surface area contributed by atoms with Crippen LogP contribution in [0.25, 0.3) is 0 Å². The highest BCUT2D eigenvalue weighted by molar-refractivity contribution is 9.10. The molecule has 16 heavy (non-hydrogen) atoms. The van der Waals surface area contributed by atoms with Gasteiger partial charge < -0.3 is 15.4 Å². The van der Waals surface area contributed by atoms with Crippen LogP contribution < -0.4 is 10.6 Å². The molecular weight excluding hydrogens is 288 g/mol. The van der Waals surface area contributed by atoms with Crippen molar-refractivity contribution in [2.75, 3.05) is 31.2 Å². The number of hydrogen-bond donors (Lipinski definition) is 1. The van der Waals surface area contributed by atoms with E-state index in [4.69, 9.17) is 22.7 Å². The molecule has 1 aliphatic heterocycles. The summed E-state index contributed by atoms with van der Waals surface area (Å²) < 4.78 is 6.32. The quantitative estimate of drug-likeness (QED) is 0.847. The van der Waals surface area contributed by atoms with Gasteiger partial charge in [0, 0.05) is 28.8 Å². The monoisotopic (exact) mass is 300 g/mol. The van der Waals surface area contributed by atoms with E-state index in [0.29, 0.717) is 4.99 Å². The summed E-state index contributed by atoms with van der Waals surface area (Å²) in [5.74, 6) is 0. The van der Waals surface area contributed by atoms with Crippen LogP contribution >= 0.6 is 28.1 Å². The van der Waals surface area contributed by atoms with E-state index in [9.17, 15) is 0 Å². The molecule has 1 saturated heterocycles. The molecule has 1 aliphatic rings. The van der Waals surface area contributed by atoms with Gasteiger partial charge in [-0.05, 0) is 18.2 Å². The first-order chi connectivity index (χ1) is 7.68. The van der Waals surface area contributed by atoms with Crippen LogP contribution in [-0.2, 0) is 4.74 Å². The Labute approximate surface area is 109 Å². The lowest BCUT2D eigenvalue weighted by molar-refractivity contribution is 0.122. The molecule has 0 radical (unpaired) electrons. The summed E-state index contributed by atoms with van der Waals surface area (Å²) in [6.45, 7) is 3.29. The van der Waals surface area contributed by atoms with E-state index in [0.717, 1.165) is 42.0 Å². The highest BCUT2D eigenvalue weighted by Crippen LogP contribution is 2.25. The predicted octanol–water partition coefficient (Wildman–Crippen LogP) is 1.92. The molecule has 86 valence electrons. The summed E-state index contributed by atoms with van der Waals surface area (Å²) in [7, 11) is 0. The highest BCUT2D eigenvalue weighted by Gasteiger charge is 2.15. The summed E-state index contributed by atoms with van der Waals surface area (Å²) in [4.78, 5) is 2.69. The van der Waals surface area contributed by atoms with Gasteiger partial charge in [-0.2, -0.15) is 0 Å². The lowest BCUT2D eigenvalue weighted by Gasteiger charge is -2.30. The van der Waals surface area contributed by atoms with Gasteiger partial charge in [-0.1, -0.05) is 28.1 Å². The van der Waals surface area contributed by atoms with Crippen molar-refractivity contribution in [3.8, 4) is 0 Å². The van der Waals surface area contributed by atoms with Gasteiger partial charge in [-0.25, -0.2) is 0 Å². The molecule has 0 saturated carbocycles. The van der Waals surface area contributed by atoms with E-state index in [1.54, 1.807) is 0 Å². The Morgan fingerprint density at radius 3 is 2.69 bits per heavy atom. The van der Waals surface area contributed by atoms with E-state index in [2.05, 4.69) is 20.8 Å². The molecule has 0 spiro atoms. The lowest BCUT2D eigenvalue weighted by Crippen LogP contribution is -2.37. The van der Waals surface area contributed by atoms with Crippen LogP contribution in [0.3, 0.4) is 0 Å². The van der Waals surface area contributed by atoms with Crippen LogP contribution in [-0.4, -0.2) is 31.3 Å². The standard InChI is InChI=1S/C11H13BrN2OS/c12-8-1-2-10(9(7-8)11(13)16)14-3-5-15-6-4-14/h1-2,7H,3-6H2,(H2,13,16). The predicted molar refractivity (Wildman–Crippen MR) is 73.1 cm³/mol. The molecule has 0 aliphatic carbocycles. The van der Waals surface area contributed by atoms with Gasteiger partial charge in [0.15, 0.2) is 0 Å². The lowest BCUT2D eigenvalue weighted by atomic mass is 10.1. The van der Waals surface area contributed by atoms with Crippen molar-refractivity contribution in [1.29, 1.82) is 0 Å². The van der Waals surface area contributed by atoms with Gasteiger partial charge in [0.25, 0.3) is 0 Å². The molecule has 2 N–H and O–H groups in total. The fourth-order valence-corrected chi connectivity index (χ4v) is 2.31. The summed E-state index contributed by atoms with van der Waals surface area (Å²) in [5.41, 5.74) is 7.76. The second-order valence-corrected chi connectivity index (χ2v) is 4.98. The number of anilines is 1. The van der Waals surface area contributed by atoms with E-state index in [1.165, 1.54) is 0 Å². The minimum absolute atomic E-state index is 0.433. The Kier molecular flexibility index (Phi) is 3.78. The smallest absolute Gasteiger partial charge is 0.106 e. The van der Waals surface area contributed by atoms with Crippen molar-refractivity contribution in [1.82, 2.24) is 0 Å². The van der Waals surface area contributed by atoms with E-state index < -0.39 is 0 Å². The zero-order valence-electron chi connectivity index (χ0n) is 8.78. The number of rotatable bonds is 2. The zero-order chi connectivity index (χ0) is 11.5. The van der Waals surface area contributed by atoms with Crippen LogP contribution in [0.4, 0.5) is 5.69 Å². The first-order valence-electron chi connectivity index (χ1n) is 5.10. The number of hydrogen-bond acceptors (Lipinski definition) is 3. The number of nitrogens with zero attached hydrogens (tertiary/aromatic N) is 1. The summed E-state index contributed by atoms with van der Waals surface area (Å²) >= 11 is 8.51. The maximum atomic E-state index is 5.74. The van der Waals surface area contributed by atoms with E-state index >= 15 is 0 Å². The Morgan fingerprint density at radius 1 is 1.38 bits per heavy atom. The van der Waals surface area contributed by atoms with Crippen LogP contribution in [0.5, 0.6) is 0 Å². The van der Waals surface area contributed by atoms with Crippen molar-refractivity contribution in [3.63, 3.8) is 0 Å². The molecule has 3 nitrogen and oxygen atoms in total. The molecule has 0 aromatic heterocycles.